The highest BCUT2D eigenvalue weighted by molar-refractivity contribution is 7.11. The molecular formula is C19H29N5S2. The molecule has 1 atom stereocenters. The van der Waals surface area contributed by atoms with E-state index in [0.717, 1.165) is 42.8 Å². The van der Waals surface area contributed by atoms with Crippen LogP contribution in [0.3, 0.4) is 0 Å². The van der Waals surface area contributed by atoms with Gasteiger partial charge in [-0.25, -0.2) is 9.98 Å². The predicted octanol–water partition coefficient (Wildman–Crippen LogP) is 3.32. The fraction of sp³-hybridized carbons (Fsp3) is 0.579. The molecule has 142 valence electrons. The summed E-state index contributed by atoms with van der Waals surface area (Å²) in [6.07, 6.45) is 1.17. The highest BCUT2D eigenvalue weighted by Gasteiger charge is 2.21. The number of aromatic nitrogens is 1. The third-order valence-corrected chi connectivity index (χ3v) is 6.90. The molecule has 3 heterocycles. The second kappa shape index (κ2) is 8.97. The number of hydrogen-bond donors (Lipinski definition) is 2. The van der Waals surface area contributed by atoms with Gasteiger partial charge < -0.3 is 10.6 Å². The Hall–Kier alpha value is -1.44. The Morgan fingerprint density at radius 3 is 2.96 bits per heavy atom. The highest BCUT2D eigenvalue weighted by atomic mass is 32.1. The number of thiophene rings is 1. The van der Waals surface area contributed by atoms with Crippen molar-refractivity contribution in [3.05, 3.63) is 37.5 Å². The molecule has 0 bridgehead atoms. The molecule has 0 saturated heterocycles. The largest absolute Gasteiger partial charge is 0.357 e. The summed E-state index contributed by atoms with van der Waals surface area (Å²) in [4.78, 5) is 14.7. The van der Waals surface area contributed by atoms with E-state index >= 15 is 0 Å². The zero-order chi connectivity index (χ0) is 18.5. The van der Waals surface area contributed by atoms with Crippen LogP contribution in [-0.2, 0) is 19.5 Å². The Kier molecular flexibility index (Phi) is 6.67. The van der Waals surface area contributed by atoms with Crippen LogP contribution in [-0.4, -0.2) is 41.5 Å². The van der Waals surface area contributed by atoms with E-state index in [9.17, 15) is 0 Å². The van der Waals surface area contributed by atoms with Crippen molar-refractivity contribution in [1.82, 2.24) is 20.5 Å². The van der Waals surface area contributed by atoms with Gasteiger partial charge in [0.2, 0.25) is 0 Å². The minimum atomic E-state index is 0.469. The Morgan fingerprint density at radius 1 is 1.38 bits per heavy atom. The first-order chi connectivity index (χ1) is 12.6. The smallest absolute Gasteiger partial charge is 0.191 e. The maximum Gasteiger partial charge on any atom is 0.191 e. The molecule has 3 rings (SSSR count). The lowest BCUT2D eigenvalue weighted by Gasteiger charge is -2.32. The van der Waals surface area contributed by atoms with Crippen molar-refractivity contribution >= 4 is 28.6 Å². The number of nitrogens with zero attached hydrogens (tertiary/aromatic N) is 3. The monoisotopic (exact) mass is 391 g/mol. The summed E-state index contributed by atoms with van der Waals surface area (Å²) in [5, 5.41) is 10.1. The van der Waals surface area contributed by atoms with Crippen LogP contribution >= 0.6 is 22.7 Å². The summed E-state index contributed by atoms with van der Waals surface area (Å²) in [6, 6.07) is 2.74. The lowest BCUT2D eigenvalue weighted by atomic mass is 10.1. The molecule has 1 unspecified atom stereocenters. The fourth-order valence-corrected chi connectivity index (χ4v) is 4.86. The molecule has 1 aliphatic heterocycles. The molecule has 5 nitrogen and oxygen atoms in total. The summed E-state index contributed by atoms with van der Waals surface area (Å²) < 4.78 is 0. The predicted molar refractivity (Wildman–Crippen MR) is 112 cm³/mol. The lowest BCUT2D eigenvalue weighted by molar-refractivity contribution is 0.192. The molecule has 2 N–H and O–H groups in total. The molecule has 0 amide bonds. The molecule has 7 heteroatoms. The molecule has 0 radical (unpaired) electrons. The molecule has 0 aliphatic carbocycles. The molecule has 0 spiro atoms. The standard InChI is InChI=1S/C19H29N5S2/c1-5-20-19(22-11-18-23-14(3)15(4)26-18)21-10-13(2)24-8-6-17-16(12-24)7-9-25-17/h7,9,13H,5-6,8,10-12H2,1-4H3,(H2,20,21,22). The zero-order valence-corrected chi connectivity index (χ0v) is 17.8. The number of nitrogens with one attached hydrogen (secondary N) is 2. The van der Waals surface area contributed by atoms with Crippen LogP contribution in [0.4, 0.5) is 0 Å². The van der Waals surface area contributed by atoms with Crippen molar-refractivity contribution in [2.24, 2.45) is 4.99 Å². The normalized spacial score (nSPS) is 16.4. The number of aliphatic imine (C=N–C) groups is 1. The van der Waals surface area contributed by atoms with Gasteiger partial charge in [0.15, 0.2) is 5.96 Å². The molecule has 0 fully saturated rings. The average molecular weight is 392 g/mol. The highest BCUT2D eigenvalue weighted by Crippen LogP contribution is 2.25. The van der Waals surface area contributed by atoms with Crippen LogP contribution in [0.25, 0.3) is 0 Å². The van der Waals surface area contributed by atoms with Gasteiger partial charge in [0.05, 0.1) is 12.2 Å². The van der Waals surface area contributed by atoms with Gasteiger partial charge in [-0.1, -0.05) is 0 Å². The summed E-state index contributed by atoms with van der Waals surface area (Å²) in [5.74, 6) is 0.873. The quantitative estimate of drug-likeness (QED) is 0.586. The zero-order valence-electron chi connectivity index (χ0n) is 16.1. The first kappa shape index (κ1) is 19.3. The second-order valence-corrected chi connectivity index (χ2v) is 9.05. The van der Waals surface area contributed by atoms with Crippen molar-refractivity contribution < 1.29 is 0 Å². The van der Waals surface area contributed by atoms with Crippen LogP contribution in [0.15, 0.2) is 16.4 Å². The summed E-state index contributed by atoms with van der Waals surface area (Å²) >= 11 is 3.63. The summed E-state index contributed by atoms with van der Waals surface area (Å²) in [5.41, 5.74) is 2.62. The molecule has 0 aromatic carbocycles. The summed E-state index contributed by atoms with van der Waals surface area (Å²) in [7, 11) is 0. The SMILES string of the molecule is CCNC(=NCc1nc(C)c(C)s1)NCC(C)N1CCc2sccc2C1. The van der Waals surface area contributed by atoms with Crippen LogP contribution in [0.2, 0.25) is 0 Å². The van der Waals surface area contributed by atoms with E-state index in [2.05, 4.69) is 59.7 Å². The van der Waals surface area contributed by atoms with Crippen LogP contribution in [0, 0.1) is 13.8 Å². The number of aryl methyl sites for hydroxylation is 2. The molecular weight excluding hydrogens is 362 g/mol. The minimum absolute atomic E-state index is 0.469. The van der Waals surface area contributed by atoms with Gasteiger partial charge in [-0.3, -0.25) is 4.90 Å². The molecule has 1 aliphatic rings. The van der Waals surface area contributed by atoms with E-state index in [4.69, 9.17) is 4.99 Å². The van der Waals surface area contributed by atoms with E-state index in [-0.39, 0.29) is 0 Å². The number of guanidine groups is 1. The maximum absolute atomic E-state index is 4.71. The van der Waals surface area contributed by atoms with Crippen molar-refractivity contribution in [3.63, 3.8) is 0 Å². The van der Waals surface area contributed by atoms with Gasteiger partial charge in [0, 0.05) is 42.0 Å². The van der Waals surface area contributed by atoms with Crippen LogP contribution < -0.4 is 10.6 Å². The Bertz CT molecular complexity index is 729. The minimum Gasteiger partial charge on any atom is -0.357 e. The second-order valence-electron chi connectivity index (χ2n) is 6.76. The Morgan fingerprint density at radius 2 is 2.23 bits per heavy atom. The maximum atomic E-state index is 4.71. The van der Waals surface area contributed by atoms with E-state index in [1.807, 2.05) is 11.3 Å². The topological polar surface area (TPSA) is 52.6 Å². The van der Waals surface area contributed by atoms with Gasteiger partial charge >= 0.3 is 0 Å². The van der Waals surface area contributed by atoms with Gasteiger partial charge in [0.25, 0.3) is 0 Å². The molecule has 2 aromatic rings. The van der Waals surface area contributed by atoms with Crippen molar-refractivity contribution in [2.45, 2.75) is 53.2 Å². The van der Waals surface area contributed by atoms with E-state index in [1.165, 1.54) is 16.9 Å². The molecule has 26 heavy (non-hydrogen) atoms. The van der Waals surface area contributed by atoms with Crippen LogP contribution in [0.1, 0.15) is 39.9 Å². The molecule has 0 saturated carbocycles. The number of hydrogen-bond acceptors (Lipinski definition) is 5. The number of rotatable bonds is 6. The van der Waals surface area contributed by atoms with Crippen LogP contribution in [0.5, 0.6) is 0 Å². The molecule has 2 aromatic heterocycles. The van der Waals surface area contributed by atoms with Crippen molar-refractivity contribution in [2.75, 3.05) is 19.6 Å². The van der Waals surface area contributed by atoms with E-state index < -0.39 is 0 Å². The Balaban J connectivity index is 1.53. The van der Waals surface area contributed by atoms with Gasteiger partial charge in [-0.05, 0) is 51.1 Å². The number of fused-ring (bicyclic) bond motifs is 1. The van der Waals surface area contributed by atoms with E-state index in [0.29, 0.717) is 12.6 Å². The average Bonchev–Trinajstić information content (AvgIpc) is 3.22. The van der Waals surface area contributed by atoms with Crippen molar-refractivity contribution in [1.29, 1.82) is 0 Å². The fourth-order valence-electron chi connectivity index (χ4n) is 3.12. The summed E-state index contributed by atoms with van der Waals surface area (Å²) in [6.45, 7) is 13.1. The van der Waals surface area contributed by atoms with Gasteiger partial charge in [0.1, 0.15) is 5.01 Å². The lowest BCUT2D eigenvalue weighted by Crippen LogP contribution is -2.47. The third kappa shape index (κ3) is 4.84. The first-order valence-corrected chi connectivity index (χ1v) is 11.0. The number of thiazole rings is 1. The Labute approximate surface area is 164 Å². The van der Waals surface area contributed by atoms with Gasteiger partial charge in [-0.15, -0.1) is 22.7 Å². The van der Waals surface area contributed by atoms with Gasteiger partial charge in [-0.2, -0.15) is 0 Å². The van der Waals surface area contributed by atoms with E-state index in [1.54, 1.807) is 16.2 Å². The first-order valence-electron chi connectivity index (χ1n) is 9.31. The third-order valence-electron chi connectivity index (χ3n) is 4.81. The van der Waals surface area contributed by atoms with Crippen molar-refractivity contribution in [3.8, 4) is 0 Å².